The SMILES string of the molecule is Cc1ccc(C)c(C(=O)CCC(=O)Nc2ccc(-n3nc(C)cc3C)nc2)c1. The lowest BCUT2D eigenvalue weighted by molar-refractivity contribution is -0.116. The molecule has 0 aliphatic carbocycles. The molecule has 2 aromatic heterocycles. The fourth-order valence-electron chi connectivity index (χ4n) is 3.07. The number of nitrogens with zero attached hydrogens (tertiary/aromatic N) is 3. The Morgan fingerprint density at radius 1 is 1.00 bits per heavy atom. The van der Waals surface area contributed by atoms with Crippen molar-refractivity contribution >= 4 is 17.4 Å². The van der Waals surface area contributed by atoms with Crippen molar-refractivity contribution in [2.75, 3.05) is 5.32 Å². The highest BCUT2D eigenvalue weighted by molar-refractivity contribution is 6.01. The van der Waals surface area contributed by atoms with Gasteiger partial charge in [0, 0.05) is 24.1 Å². The van der Waals surface area contributed by atoms with E-state index in [0.717, 1.165) is 22.5 Å². The molecule has 144 valence electrons. The van der Waals surface area contributed by atoms with Crippen LogP contribution in [0.5, 0.6) is 0 Å². The van der Waals surface area contributed by atoms with Crippen molar-refractivity contribution in [3.63, 3.8) is 0 Å². The van der Waals surface area contributed by atoms with E-state index in [1.165, 1.54) is 0 Å². The van der Waals surface area contributed by atoms with E-state index in [1.807, 2.05) is 52.0 Å². The molecule has 3 rings (SSSR count). The molecule has 0 saturated heterocycles. The minimum atomic E-state index is -0.209. The lowest BCUT2D eigenvalue weighted by Crippen LogP contribution is -2.14. The van der Waals surface area contributed by atoms with E-state index in [4.69, 9.17) is 0 Å². The highest BCUT2D eigenvalue weighted by Crippen LogP contribution is 2.15. The Morgan fingerprint density at radius 2 is 1.79 bits per heavy atom. The molecule has 0 spiro atoms. The predicted molar refractivity (Wildman–Crippen MR) is 109 cm³/mol. The summed E-state index contributed by atoms with van der Waals surface area (Å²) >= 11 is 0. The number of anilines is 1. The summed E-state index contributed by atoms with van der Waals surface area (Å²) in [6, 6.07) is 11.3. The summed E-state index contributed by atoms with van der Waals surface area (Å²) in [7, 11) is 0. The van der Waals surface area contributed by atoms with E-state index in [-0.39, 0.29) is 24.5 Å². The van der Waals surface area contributed by atoms with Crippen molar-refractivity contribution in [3.05, 3.63) is 70.7 Å². The molecular formula is C22H24N4O2. The second kappa shape index (κ2) is 8.17. The molecule has 1 aromatic carbocycles. The number of hydrogen-bond acceptors (Lipinski definition) is 4. The summed E-state index contributed by atoms with van der Waals surface area (Å²) in [4.78, 5) is 29.0. The summed E-state index contributed by atoms with van der Waals surface area (Å²) < 4.78 is 1.75. The lowest BCUT2D eigenvalue weighted by atomic mass is 9.99. The summed E-state index contributed by atoms with van der Waals surface area (Å²) in [5.74, 6) is 0.461. The topological polar surface area (TPSA) is 76.9 Å². The van der Waals surface area contributed by atoms with E-state index in [9.17, 15) is 9.59 Å². The van der Waals surface area contributed by atoms with Crippen LogP contribution in [0.15, 0.2) is 42.6 Å². The number of carbonyl (C=O) groups excluding carboxylic acids is 2. The molecule has 0 unspecified atom stereocenters. The third kappa shape index (κ3) is 4.52. The van der Waals surface area contributed by atoms with Gasteiger partial charge in [0.1, 0.15) is 0 Å². The summed E-state index contributed by atoms with van der Waals surface area (Å²) in [5.41, 5.74) is 5.15. The van der Waals surface area contributed by atoms with Gasteiger partial charge in [0.05, 0.1) is 17.6 Å². The Bertz CT molecular complexity index is 1020. The van der Waals surface area contributed by atoms with Crippen LogP contribution in [0.2, 0.25) is 0 Å². The first kappa shape index (κ1) is 19.5. The molecule has 0 radical (unpaired) electrons. The van der Waals surface area contributed by atoms with Crippen LogP contribution < -0.4 is 5.32 Å². The molecule has 6 heteroatoms. The highest BCUT2D eigenvalue weighted by atomic mass is 16.2. The second-order valence-electron chi connectivity index (χ2n) is 7.03. The van der Waals surface area contributed by atoms with E-state index in [2.05, 4.69) is 15.4 Å². The fraction of sp³-hybridized carbons (Fsp3) is 0.273. The Kier molecular flexibility index (Phi) is 5.68. The van der Waals surface area contributed by atoms with Crippen LogP contribution in [-0.2, 0) is 4.79 Å². The molecule has 0 fully saturated rings. The van der Waals surface area contributed by atoms with Gasteiger partial charge in [-0.25, -0.2) is 9.67 Å². The maximum atomic E-state index is 12.4. The molecule has 3 aromatic rings. The molecule has 0 aliphatic heterocycles. The van der Waals surface area contributed by atoms with Crippen LogP contribution in [0.4, 0.5) is 5.69 Å². The zero-order valence-corrected chi connectivity index (χ0v) is 16.6. The molecule has 0 bridgehead atoms. The van der Waals surface area contributed by atoms with Crippen LogP contribution in [0, 0.1) is 27.7 Å². The average Bonchev–Trinajstić information content (AvgIpc) is 3.00. The van der Waals surface area contributed by atoms with Crippen molar-refractivity contribution in [2.45, 2.75) is 40.5 Å². The third-order valence-electron chi connectivity index (χ3n) is 4.53. The normalized spacial score (nSPS) is 10.7. The number of ketones is 1. The maximum absolute atomic E-state index is 12.4. The van der Waals surface area contributed by atoms with Gasteiger partial charge >= 0.3 is 0 Å². The largest absolute Gasteiger partial charge is 0.325 e. The first-order valence-corrected chi connectivity index (χ1v) is 9.23. The van der Waals surface area contributed by atoms with Crippen LogP contribution in [0.1, 0.15) is 45.7 Å². The molecule has 2 heterocycles. The average molecular weight is 376 g/mol. The van der Waals surface area contributed by atoms with E-state index in [1.54, 1.807) is 23.0 Å². The number of benzene rings is 1. The molecule has 1 amide bonds. The Hall–Kier alpha value is -3.28. The molecular weight excluding hydrogens is 352 g/mol. The molecule has 6 nitrogen and oxygen atoms in total. The van der Waals surface area contributed by atoms with Crippen LogP contribution >= 0.6 is 0 Å². The van der Waals surface area contributed by atoms with Gasteiger partial charge < -0.3 is 5.32 Å². The number of aromatic nitrogens is 3. The van der Waals surface area contributed by atoms with Crippen molar-refractivity contribution in [2.24, 2.45) is 0 Å². The van der Waals surface area contributed by atoms with E-state index >= 15 is 0 Å². The minimum Gasteiger partial charge on any atom is -0.325 e. The van der Waals surface area contributed by atoms with Gasteiger partial charge in [0.15, 0.2) is 11.6 Å². The number of pyridine rings is 1. The number of nitrogens with one attached hydrogen (secondary N) is 1. The zero-order valence-electron chi connectivity index (χ0n) is 16.6. The standard InChI is InChI=1S/C22H24N4O2/c1-14-5-6-15(2)19(11-14)20(27)8-10-22(28)24-18-7-9-21(23-13-18)26-17(4)12-16(3)25-26/h5-7,9,11-13H,8,10H2,1-4H3,(H,24,28). The van der Waals surface area contributed by atoms with Gasteiger partial charge in [-0.1, -0.05) is 17.7 Å². The monoisotopic (exact) mass is 376 g/mol. The lowest BCUT2D eigenvalue weighted by Gasteiger charge is -2.08. The molecule has 1 N–H and O–H groups in total. The first-order valence-electron chi connectivity index (χ1n) is 9.23. The van der Waals surface area contributed by atoms with Crippen molar-refractivity contribution in [1.82, 2.24) is 14.8 Å². The summed E-state index contributed by atoms with van der Waals surface area (Å²) in [5, 5.41) is 7.18. The molecule has 0 atom stereocenters. The first-order chi connectivity index (χ1) is 13.3. The number of carbonyl (C=O) groups is 2. The minimum absolute atomic E-state index is 0.0191. The van der Waals surface area contributed by atoms with E-state index < -0.39 is 0 Å². The van der Waals surface area contributed by atoms with Crippen LogP contribution in [0.3, 0.4) is 0 Å². The van der Waals surface area contributed by atoms with Crippen molar-refractivity contribution < 1.29 is 9.59 Å². The second-order valence-corrected chi connectivity index (χ2v) is 7.03. The Balaban J connectivity index is 1.58. The quantitative estimate of drug-likeness (QED) is 0.657. The number of Topliss-reactive ketones (excluding diaryl/α,β-unsaturated/α-hetero) is 1. The zero-order chi connectivity index (χ0) is 20.3. The van der Waals surface area contributed by atoms with E-state index in [0.29, 0.717) is 17.1 Å². The summed E-state index contributed by atoms with van der Waals surface area (Å²) in [6.45, 7) is 7.75. The highest BCUT2D eigenvalue weighted by Gasteiger charge is 2.12. The van der Waals surface area contributed by atoms with Gasteiger partial charge in [-0.15, -0.1) is 0 Å². The molecule has 28 heavy (non-hydrogen) atoms. The van der Waals surface area contributed by atoms with Gasteiger partial charge in [-0.05, 0) is 57.5 Å². The Morgan fingerprint density at radius 3 is 2.43 bits per heavy atom. The fourth-order valence-corrected chi connectivity index (χ4v) is 3.07. The molecule has 0 saturated carbocycles. The van der Waals surface area contributed by atoms with Crippen LogP contribution in [0.25, 0.3) is 5.82 Å². The number of hydrogen-bond donors (Lipinski definition) is 1. The van der Waals surface area contributed by atoms with Crippen LogP contribution in [-0.4, -0.2) is 26.5 Å². The maximum Gasteiger partial charge on any atom is 0.224 e. The van der Waals surface area contributed by atoms with Crippen molar-refractivity contribution in [1.29, 1.82) is 0 Å². The third-order valence-corrected chi connectivity index (χ3v) is 4.53. The van der Waals surface area contributed by atoms with Gasteiger partial charge in [-0.2, -0.15) is 5.10 Å². The Labute approximate surface area is 164 Å². The molecule has 0 aliphatic rings. The van der Waals surface area contributed by atoms with Crippen molar-refractivity contribution in [3.8, 4) is 5.82 Å². The van der Waals surface area contributed by atoms with Gasteiger partial charge in [0.2, 0.25) is 5.91 Å². The summed E-state index contributed by atoms with van der Waals surface area (Å²) in [6.07, 6.45) is 1.90. The smallest absolute Gasteiger partial charge is 0.224 e. The van der Waals surface area contributed by atoms with Gasteiger partial charge in [0.25, 0.3) is 0 Å². The van der Waals surface area contributed by atoms with Gasteiger partial charge in [-0.3, -0.25) is 9.59 Å². The number of amides is 1. The predicted octanol–water partition coefficient (Wildman–Crippen LogP) is 4.10. The number of aryl methyl sites for hydroxylation is 4. The number of rotatable bonds is 6.